The zero-order chi connectivity index (χ0) is 13.2. The van der Waals surface area contributed by atoms with E-state index in [0.717, 1.165) is 31.5 Å². The summed E-state index contributed by atoms with van der Waals surface area (Å²) < 4.78 is 0. The largest absolute Gasteiger partial charge is 0.332 e. The summed E-state index contributed by atoms with van der Waals surface area (Å²) in [5, 5.41) is 3.34. The van der Waals surface area contributed by atoms with Gasteiger partial charge in [-0.2, -0.15) is 0 Å². The number of nitrogens with zero attached hydrogens (tertiary/aromatic N) is 2. The van der Waals surface area contributed by atoms with E-state index in [1.54, 1.807) is 6.20 Å². The Morgan fingerprint density at radius 2 is 2.26 bits per heavy atom. The highest BCUT2D eigenvalue weighted by Crippen LogP contribution is 2.30. The van der Waals surface area contributed by atoms with Crippen LogP contribution >= 0.6 is 0 Å². The molecule has 1 aromatic heterocycles. The van der Waals surface area contributed by atoms with Gasteiger partial charge in [0, 0.05) is 12.2 Å². The predicted molar refractivity (Wildman–Crippen MR) is 73.4 cm³/mol. The molecule has 1 amide bonds. The molecular formula is C15H21N3O. The molecule has 2 fully saturated rings. The lowest BCUT2D eigenvalue weighted by molar-refractivity contribution is -0.135. The van der Waals surface area contributed by atoms with E-state index < -0.39 is 0 Å². The second-order valence-corrected chi connectivity index (χ2v) is 5.72. The van der Waals surface area contributed by atoms with Crippen LogP contribution in [0.4, 0.5) is 0 Å². The molecule has 3 rings (SSSR count). The number of carbonyl (C=O) groups excluding carboxylic acids is 1. The first-order chi connectivity index (χ1) is 9.25. The zero-order valence-corrected chi connectivity index (χ0v) is 11.4. The zero-order valence-electron chi connectivity index (χ0n) is 11.4. The summed E-state index contributed by atoms with van der Waals surface area (Å²) in [4.78, 5) is 19.0. The minimum absolute atomic E-state index is 0.00399. The van der Waals surface area contributed by atoms with E-state index in [1.807, 2.05) is 23.1 Å². The summed E-state index contributed by atoms with van der Waals surface area (Å²) in [6.45, 7) is 3.77. The molecule has 19 heavy (non-hydrogen) atoms. The first-order valence-electron chi connectivity index (χ1n) is 7.19. The molecule has 1 saturated carbocycles. The van der Waals surface area contributed by atoms with Gasteiger partial charge in [-0.1, -0.05) is 13.0 Å². The average molecular weight is 259 g/mol. The van der Waals surface area contributed by atoms with E-state index in [0.29, 0.717) is 18.5 Å². The summed E-state index contributed by atoms with van der Waals surface area (Å²) in [6, 6.07) is 6.32. The van der Waals surface area contributed by atoms with E-state index in [4.69, 9.17) is 0 Å². The second-order valence-electron chi connectivity index (χ2n) is 5.72. The number of nitrogens with one attached hydrogen (secondary N) is 1. The van der Waals surface area contributed by atoms with Gasteiger partial charge in [-0.15, -0.1) is 0 Å². The fraction of sp³-hybridized carbons (Fsp3) is 0.600. The molecule has 0 radical (unpaired) electrons. The van der Waals surface area contributed by atoms with Gasteiger partial charge in [0.15, 0.2) is 0 Å². The molecule has 1 aliphatic heterocycles. The van der Waals surface area contributed by atoms with Crippen LogP contribution in [-0.4, -0.2) is 34.4 Å². The standard InChI is InChI=1S/C15H21N3O/c1-11-7-9-17-14(11)15(19)18(13-5-6-13)10-12-4-2-3-8-16-12/h2-4,8,11,13-14,17H,5-7,9-10H2,1H3. The Balaban J connectivity index is 1.72. The number of hydrogen-bond acceptors (Lipinski definition) is 3. The maximum Gasteiger partial charge on any atom is 0.240 e. The Bertz CT molecular complexity index is 444. The van der Waals surface area contributed by atoms with Crippen molar-refractivity contribution in [2.75, 3.05) is 6.54 Å². The molecule has 2 atom stereocenters. The topological polar surface area (TPSA) is 45.2 Å². The van der Waals surface area contributed by atoms with Gasteiger partial charge in [0.25, 0.3) is 0 Å². The smallest absolute Gasteiger partial charge is 0.240 e. The molecule has 4 nitrogen and oxygen atoms in total. The molecule has 1 saturated heterocycles. The average Bonchev–Trinajstić information content (AvgIpc) is 3.18. The van der Waals surface area contributed by atoms with E-state index in [1.165, 1.54) is 0 Å². The Kier molecular flexibility index (Phi) is 3.51. The summed E-state index contributed by atoms with van der Waals surface area (Å²) in [5.41, 5.74) is 0.980. The van der Waals surface area contributed by atoms with Gasteiger partial charge in [-0.3, -0.25) is 9.78 Å². The van der Waals surface area contributed by atoms with Gasteiger partial charge >= 0.3 is 0 Å². The van der Waals surface area contributed by atoms with Crippen molar-refractivity contribution >= 4 is 5.91 Å². The summed E-state index contributed by atoms with van der Waals surface area (Å²) in [6.07, 6.45) is 5.17. The molecule has 1 N–H and O–H groups in total. The van der Waals surface area contributed by atoms with Crippen molar-refractivity contribution in [2.24, 2.45) is 5.92 Å². The number of rotatable bonds is 4. The maximum absolute atomic E-state index is 12.7. The highest BCUT2D eigenvalue weighted by molar-refractivity contribution is 5.83. The lowest BCUT2D eigenvalue weighted by atomic mass is 10.0. The highest BCUT2D eigenvalue weighted by Gasteiger charge is 2.39. The van der Waals surface area contributed by atoms with Crippen molar-refractivity contribution in [1.29, 1.82) is 0 Å². The summed E-state index contributed by atoms with van der Waals surface area (Å²) >= 11 is 0. The molecule has 2 unspecified atom stereocenters. The second kappa shape index (κ2) is 5.29. The third-order valence-corrected chi connectivity index (χ3v) is 4.13. The Labute approximate surface area is 114 Å². The third-order valence-electron chi connectivity index (χ3n) is 4.13. The molecule has 0 spiro atoms. The Hall–Kier alpha value is -1.42. The quantitative estimate of drug-likeness (QED) is 0.892. The monoisotopic (exact) mass is 259 g/mol. The maximum atomic E-state index is 12.7. The van der Waals surface area contributed by atoms with Crippen molar-refractivity contribution in [2.45, 2.75) is 44.8 Å². The van der Waals surface area contributed by atoms with Gasteiger partial charge < -0.3 is 10.2 Å². The van der Waals surface area contributed by atoms with Gasteiger partial charge in [0.05, 0.1) is 18.3 Å². The highest BCUT2D eigenvalue weighted by atomic mass is 16.2. The SMILES string of the molecule is CC1CCNC1C(=O)N(Cc1ccccn1)C1CC1. The molecule has 1 aliphatic carbocycles. The van der Waals surface area contributed by atoms with Crippen molar-refractivity contribution in [3.8, 4) is 0 Å². The molecular weight excluding hydrogens is 238 g/mol. The van der Waals surface area contributed by atoms with Crippen molar-refractivity contribution in [1.82, 2.24) is 15.2 Å². The van der Waals surface area contributed by atoms with Crippen LogP contribution < -0.4 is 5.32 Å². The van der Waals surface area contributed by atoms with E-state index >= 15 is 0 Å². The molecule has 4 heteroatoms. The summed E-state index contributed by atoms with van der Waals surface area (Å²) in [7, 11) is 0. The Morgan fingerprint density at radius 3 is 2.84 bits per heavy atom. The molecule has 102 valence electrons. The number of carbonyl (C=O) groups is 1. The van der Waals surface area contributed by atoms with E-state index in [9.17, 15) is 4.79 Å². The van der Waals surface area contributed by atoms with Crippen LogP contribution in [0.3, 0.4) is 0 Å². The van der Waals surface area contributed by atoms with Crippen LogP contribution in [0.2, 0.25) is 0 Å². The first kappa shape index (κ1) is 12.6. The lowest BCUT2D eigenvalue weighted by Crippen LogP contribution is -2.46. The van der Waals surface area contributed by atoms with Gasteiger partial charge in [0.1, 0.15) is 0 Å². The first-order valence-corrected chi connectivity index (χ1v) is 7.19. The van der Waals surface area contributed by atoms with Crippen LogP contribution in [0.25, 0.3) is 0 Å². The summed E-state index contributed by atoms with van der Waals surface area (Å²) in [5.74, 6) is 0.704. The van der Waals surface area contributed by atoms with Gasteiger partial charge in [-0.05, 0) is 43.9 Å². The molecule has 0 aromatic carbocycles. The van der Waals surface area contributed by atoms with E-state index in [-0.39, 0.29) is 11.9 Å². The van der Waals surface area contributed by atoms with Gasteiger partial charge in [-0.25, -0.2) is 0 Å². The van der Waals surface area contributed by atoms with Gasteiger partial charge in [0.2, 0.25) is 5.91 Å². The number of aromatic nitrogens is 1. The van der Waals surface area contributed by atoms with Crippen LogP contribution in [0.5, 0.6) is 0 Å². The van der Waals surface area contributed by atoms with Crippen LogP contribution in [0.1, 0.15) is 31.9 Å². The lowest BCUT2D eigenvalue weighted by Gasteiger charge is -2.27. The third kappa shape index (κ3) is 2.78. The minimum Gasteiger partial charge on any atom is -0.332 e. The number of hydrogen-bond donors (Lipinski definition) is 1. The number of amides is 1. The van der Waals surface area contributed by atoms with Crippen molar-refractivity contribution in [3.63, 3.8) is 0 Å². The van der Waals surface area contributed by atoms with Crippen LogP contribution in [0.15, 0.2) is 24.4 Å². The molecule has 0 bridgehead atoms. The molecule has 2 aliphatic rings. The number of pyridine rings is 1. The predicted octanol–water partition coefficient (Wildman–Crippen LogP) is 1.57. The molecule has 2 heterocycles. The Morgan fingerprint density at radius 1 is 1.42 bits per heavy atom. The van der Waals surface area contributed by atoms with E-state index in [2.05, 4.69) is 17.2 Å². The minimum atomic E-state index is 0.00399. The fourth-order valence-electron chi connectivity index (χ4n) is 2.78. The van der Waals surface area contributed by atoms with Crippen molar-refractivity contribution in [3.05, 3.63) is 30.1 Å². The normalized spacial score (nSPS) is 26.4. The molecule has 1 aromatic rings. The van der Waals surface area contributed by atoms with Crippen molar-refractivity contribution < 1.29 is 4.79 Å². The van der Waals surface area contributed by atoms with Crippen LogP contribution in [-0.2, 0) is 11.3 Å². The van der Waals surface area contributed by atoms with Crippen LogP contribution in [0, 0.1) is 5.92 Å². The fourth-order valence-corrected chi connectivity index (χ4v) is 2.78.